The Hall–Kier alpha value is -3.36. The van der Waals surface area contributed by atoms with E-state index in [-0.39, 0.29) is 31.0 Å². The minimum Gasteiger partial charge on any atom is -0.482 e. The fraction of sp³-hybridized carbons (Fsp3) is 0.250. The zero-order valence-corrected chi connectivity index (χ0v) is 13.4. The molecule has 1 aliphatic heterocycles. The number of fused-ring (bicyclic) bond motifs is 1. The highest BCUT2D eigenvalue weighted by Gasteiger charge is 2.18. The van der Waals surface area contributed by atoms with Crippen LogP contribution in [0.2, 0.25) is 0 Å². The third-order valence-corrected chi connectivity index (χ3v) is 3.72. The maximum atomic E-state index is 12.1. The van der Waals surface area contributed by atoms with Gasteiger partial charge in [0.15, 0.2) is 6.61 Å². The van der Waals surface area contributed by atoms with E-state index in [1.807, 2.05) is 0 Å². The minimum atomic E-state index is -0.649. The normalized spacial score (nSPS) is 14.0. The maximum absolute atomic E-state index is 12.1. The van der Waals surface area contributed by atoms with Gasteiger partial charge in [0.25, 0.3) is 11.5 Å². The number of amides is 2. The van der Waals surface area contributed by atoms with Crippen molar-refractivity contribution >= 4 is 17.5 Å². The molecule has 9 heteroatoms. The summed E-state index contributed by atoms with van der Waals surface area (Å²) in [5, 5.41) is 5.47. The largest absolute Gasteiger partial charge is 0.482 e. The SMILES string of the molecule is CC(NC(=O)Cn1ccc(=O)[nH]c1=O)c1ccc2c(c1)NC(=O)CO2. The molecule has 1 aromatic heterocycles. The molecule has 1 atom stereocenters. The van der Waals surface area contributed by atoms with E-state index >= 15 is 0 Å². The van der Waals surface area contributed by atoms with E-state index in [1.165, 1.54) is 12.3 Å². The van der Waals surface area contributed by atoms with E-state index in [4.69, 9.17) is 4.74 Å². The number of nitrogens with one attached hydrogen (secondary N) is 3. The van der Waals surface area contributed by atoms with Crippen LogP contribution in [0.15, 0.2) is 40.1 Å². The van der Waals surface area contributed by atoms with Crippen LogP contribution in [0, 0.1) is 0 Å². The number of carbonyl (C=O) groups is 2. The van der Waals surface area contributed by atoms with Gasteiger partial charge in [0, 0.05) is 12.3 Å². The Bertz CT molecular complexity index is 946. The van der Waals surface area contributed by atoms with Gasteiger partial charge in [-0.2, -0.15) is 0 Å². The third kappa shape index (κ3) is 3.77. The zero-order valence-electron chi connectivity index (χ0n) is 13.4. The second-order valence-electron chi connectivity index (χ2n) is 5.62. The molecule has 25 heavy (non-hydrogen) atoms. The van der Waals surface area contributed by atoms with Crippen LogP contribution in [0.1, 0.15) is 18.5 Å². The average Bonchev–Trinajstić information content (AvgIpc) is 2.56. The van der Waals surface area contributed by atoms with Crippen LogP contribution < -0.4 is 26.6 Å². The first-order valence-corrected chi connectivity index (χ1v) is 7.58. The third-order valence-electron chi connectivity index (χ3n) is 3.72. The van der Waals surface area contributed by atoms with Gasteiger partial charge in [-0.15, -0.1) is 0 Å². The predicted octanol–water partition coefficient (Wildman–Crippen LogP) is -0.255. The van der Waals surface area contributed by atoms with Crippen molar-refractivity contribution in [1.29, 1.82) is 0 Å². The first-order chi connectivity index (χ1) is 11.9. The quantitative estimate of drug-likeness (QED) is 0.706. The van der Waals surface area contributed by atoms with E-state index < -0.39 is 11.2 Å². The summed E-state index contributed by atoms with van der Waals surface area (Å²) >= 11 is 0. The Kier molecular flexibility index (Phi) is 4.38. The topological polar surface area (TPSA) is 122 Å². The molecule has 3 rings (SSSR count). The van der Waals surface area contributed by atoms with E-state index in [9.17, 15) is 19.2 Å². The molecule has 1 aliphatic rings. The van der Waals surface area contributed by atoms with Crippen molar-refractivity contribution < 1.29 is 14.3 Å². The highest BCUT2D eigenvalue weighted by Crippen LogP contribution is 2.30. The average molecular weight is 344 g/mol. The fourth-order valence-corrected chi connectivity index (χ4v) is 2.46. The second-order valence-corrected chi connectivity index (χ2v) is 5.62. The maximum Gasteiger partial charge on any atom is 0.328 e. The number of hydrogen-bond acceptors (Lipinski definition) is 5. The van der Waals surface area contributed by atoms with Crippen LogP contribution >= 0.6 is 0 Å². The highest BCUT2D eigenvalue weighted by atomic mass is 16.5. The molecule has 2 amide bonds. The Balaban J connectivity index is 1.69. The summed E-state index contributed by atoms with van der Waals surface area (Å²) in [6.45, 7) is 1.54. The summed E-state index contributed by atoms with van der Waals surface area (Å²) in [6, 6.07) is 6.05. The molecule has 0 radical (unpaired) electrons. The van der Waals surface area contributed by atoms with Crippen molar-refractivity contribution in [2.24, 2.45) is 0 Å². The molecule has 0 aliphatic carbocycles. The molecule has 0 bridgehead atoms. The monoisotopic (exact) mass is 344 g/mol. The standard InChI is InChI=1S/C16H16N4O5/c1-9(10-2-3-12-11(6-10)18-15(23)8-25-12)17-14(22)7-20-5-4-13(21)19-16(20)24/h2-6,9H,7-8H2,1H3,(H,17,22)(H,18,23)(H,19,21,24). The predicted molar refractivity (Wildman–Crippen MR) is 88.4 cm³/mol. The van der Waals surface area contributed by atoms with Gasteiger partial charge in [-0.1, -0.05) is 6.07 Å². The van der Waals surface area contributed by atoms with Crippen molar-refractivity contribution in [1.82, 2.24) is 14.9 Å². The van der Waals surface area contributed by atoms with Crippen molar-refractivity contribution in [2.45, 2.75) is 19.5 Å². The van der Waals surface area contributed by atoms with E-state index in [0.29, 0.717) is 11.4 Å². The number of H-pyrrole nitrogens is 1. The number of aromatic amines is 1. The van der Waals surface area contributed by atoms with Crippen molar-refractivity contribution in [3.8, 4) is 5.75 Å². The fourth-order valence-electron chi connectivity index (χ4n) is 2.46. The molecule has 1 aromatic carbocycles. The summed E-state index contributed by atoms with van der Waals surface area (Å²) in [4.78, 5) is 48.2. The van der Waals surface area contributed by atoms with Crippen LogP contribution in [-0.2, 0) is 16.1 Å². The molecule has 130 valence electrons. The van der Waals surface area contributed by atoms with Gasteiger partial charge in [-0.3, -0.25) is 23.9 Å². The Morgan fingerprint density at radius 3 is 2.88 bits per heavy atom. The number of aromatic nitrogens is 2. The van der Waals surface area contributed by atoms with E-state index in [0.717, 1.165) is 10.1 Å². The number of carbonyl (C=O) groups excluding carboxylic acids is 2. The first kappa shape index (κ1) is 16.5. The molecule has 3 N–H and O–H groups in total. The Labute approximate surface area is 141 Å². The Morgan fingerprint density at radius 2 is 2.12 bits per heavy atom. The highest BCUT2D eigenvalue weighted by molar-refractivity contribution is 5.95. The van der Waals surface area contributed by atoms with Crippen LogP contribution in [0.25, 0.3) is 0 Å². The lowest BCUT2D eigenvalue weighted by molar-refractivity contribution is -0.122. The smallest absolute Gasteiger partial charge is 0.328 e. The molecule has 2 heterocycles. The second kappa shape index (κ2) is 6.63. The molecule has 0 saturated carbocycles. The first-order valence-electron chi connectivity index (χ1n) is 7.58. The van der Waals surface area contributed by atoms with Crippen molar-refractivity contribution in [3.05, 3.63) is 56.9 Å². The minimum absolute atomic E-state index is 0.0213. The van der Waals surface area contributed by atoms with Gasteiger partial charge >= 0.3 is 5.69 Å². The van der Waals surface area contributed by atoms with Crippen molar-refractivity contribution in [3.63, 3.8) is 0 Å². The lowest BCUT2D eigenvalue weighted by Gasteiger charge is -2.21. The van der Waals surface area contributed by atoms with Gasteiger partial charge in [0.05, 0.1) is 11.7 Å². The number of nitrogens with zero attached hydrogens (tertiary/aromatic N) is 1. The number of ether oxygens (including phenoxy) is 1. The van der Waals surface area contributed by atoms with Gasteiger partial charge in [-0.05, 0) is 24.6 Å². The lowest BCUT2D eigenvalue weighted by atomic mass is 10.1. The van der Waals surface area contributed by atoms with E-state index in [2.05, 4.69) is 15.6 Å². The van der Waals surface area contributed by atoms with Gasteiger partial charge in [-0.25, -0.2) is 4.79 Å². The molecular weight excluding hydrogens is 328 g/mol. The van der Waals surface area contributed by atoms with Crippen LogP contribution in [-0.4, -0.2) is 28.0 Å². The summed E-state index contributed by atoms with van der Waals surface area (Å²) in [7, 11) is 0. The van der Waals surface area contributed by atoms with Crippen LogP contribution in [0.3, 0.4) is 0 Å². The van der Waals surface area contributed by atoms with Gasteiger partial charge in [0.1, 0.15) is 12.3 Å². The summed E-state index contributed by atoms with van der Waals surface area (Å²) in [5.41, 5.74) is 0.149. The molecule has 9 nitrogen and oxygen atoms in total. The van der Waals surface area contributed by atoms with Crippen LogP contribution in [0.5, 0.6) is 5.75 Å². The van der Waals surface area contributed by atoms with Gasteiger partial charge < -0.3 is 15.4 Å². The molecule has 1 unspecified atom stereocenters. The van der Waals surface area contributed by atoms with Crippen LogP contribution in [0.4, 0.5) is 5.69 Å². The summed E-state index contributed by atoms with van der Waals surface area (Å²) in [6.07, 6.45) is 1.26. The number of anilines is 1. The number of rotatable bonds is 4. The zero-order chi connectivity index (χ0) is 18.0. The Morgan fingerprint density at radius 1 is 1.32 bits per heavy atom. The number of hydrogen-bond donors (Lipinski definition) is 3. The molecule has 0 spiro atoms. The summed E-state index contributed by atoms with van der Waals surface area (Å²) in [5.74, 6) is -0.0555. The van der Waals surface area contributed by atoms with E-state index in [1.54, 1.807) is 25.1 Å². The number of benzene rings is 1. The molecule has 0 fully saturated rings. The molecule has 2 aromatic rings. The molecular formula is C16H16N4O5. The molecule has 0 saturated heterocycles. The van der Waals surface area contributed by atoms with Gasteiger partial charge in [0.2, 0.25) is 5.91 Å². The lowest BCUT2D eigenvalue weighted by Crippen LogP contribution is -2.36. The summed E-state index contributed by atoms with van der Waals surface area (Å²) < 4.78 is 6.39. The van der Waals surface area contributed by atoms with Crippen molar-refractivity contribution in [2.75, 3.05) is 11.9 Å².